The second-order valence-electron chi connectivity index (χ2n) is 2.47. The monoisotopic (exact) mass is 178 g/mol. The summed E-state index contributed by atoms with van der Waals surface area (Å²) >= 11 is 0. The van der Waals surface area contributed by atoms with Crippen LogP contribution in [0.15, 0.2) is 24.8 Å². The van der Waals surface area contributed by atoms with Crippen molar-refractivity contribution in [2.24, 2.45) is 0 Å². The Hall–Kier alpha value is -1.77. The number of hydrogen-bond donors (Lipinski definition) is 1. The number of esters is 1. The molecule has 1 N–H and O–H groups in total. The molecule has 0 saturated heterocycles. The van der Waals surface area contributed by atoms with Crippen molar-refractivity contribution in [1.29, 1.82) is 0 Å². The number of phenols is 1. The van der Waals surface area contributed by atoms with E-state index in [1.54, 1.807) is 12.1 Å². The standard InChI is InChI=1S/C10H10O3/c1-3-7-4-5-8(6-9(7)11)10(12)13-2/h3-6,11H,1H2,2H3. The van der Waals surface area contributed by atoms with Crippen molar-refractivity contribution in [1.82, 2.24) is 0 Å². The summed E-state index contributed by atoms with van der Waals surface area (Å²) in [4.78, 5) is 11.0. The first kappa shape index (κ1) is 9.32. The highest BCUT2D eigenvalue weighted by Crippen LogP contribution is 2.19. The molecular weight excluding hydrogens is 168 g/mol. The highest BCUT2D eigenvalue weighted by atomic mass is 16.5. The summed E-state index contributed by atoms with van der Waals surface area (Å²) in [5.41, 5.74) is 0.915. The summed E-state index contributed by atoms with van der Waals surface area (Å²) in [6.45, 7) is 3.51. The quantitative estimate of drug-likeness (QED) is 0.702. The molecule has 0 saturated carbocycles. The lowest BCUT2D eigenvalue weighted by Crippen LogP contribution is -2.00. The maximum atomic E-state index is 11.0. The van der Waals surface area contributed by atoms with Crippen molar-refractivity contribution < 1.29 is 14.6 Å². The number of carbonyl (C=O) groups excluding carboxylic acids is 1. The van der Waals surface area contributed by atoms with Gasteiger partial charge in [-0.15, -0.1) is 0 Å². The molecule has 0 spiro atoms. The van der Waals surface area contributed by atoms with Gasteiger partial charge in [0.15, 0.2) is 0 Å². The number of carbonyl (C=O) groups is 1. The number of aromatic hydroxyl groups is 1. The highest BCUT2D eigenvalue weighted by Gasteiger charge is 2.06. The van der Waals surface area contributed by atoms with E-state index in [0.29, 0.717) is 11.1 Å². The molecule has 13 heavy (non-hydrogen) atoms. The van der Waals surface area contributed by atoms with Gasteiger partial charge in [-0.05, 0) is 12.1 Å². The molecule has 68 valence electrons. The van der Waals surface area contributed by atoms with E-state index >= 15 is 0 Å². The minimum Gasteiger partial charge on any atom is -0.507 e. The van der Waals surface area contributed by atoms with Crippen LogP contribution in [0.2, 0.25) is 0 Å². The molecule has 0 aliphatic heterocycles. The normalized spacial score (nSPS) is 9.31. The summed E-state index contributed by atoms with van der Waals surface area (Å²) in [5, 5.41) is 9.36. The number of benzene rings is 1. The third kappa shape index (κ3) is 1.87. The smallest absolute Gasteiger partial charge is 0.337 e. The second-order valence-corrected chi connectivity index (χ2v) is 2.47. The molecule has 0 aliphatic carbocycles. The maximum Gasteiger partial charge on any atom is 0.337 e. The molecule has 0 atom stereocenters. The minimum atomic E-state index is -0.467. The van der Waals surface area contributed by atoms with Crippen LogP contribution in [0.4, 0.5) is 0 Å². The van der Waals surface area contributed by atoms with Gasteiger partial charge in [0.1, 0.15) is 5.75 Å². The van der Waals surface area contributed by atoms with Gasteiger partial charge in [0.2, 0.25) is 0 Å². The molecule has 0 heterocycles. The summed E-state index contributed by atoms with van der Waals surface area (Å²) in [6, 6.07) is 4.53. The van der Waals surface area contributed by atoms with Gasteiger partial charge in [0, 0.05) is 5.56 Å². The average molecular weight is 178 g/mol. The van der Waals surface area contributed by atoms with E-state index in [2.05, 4.69) is 11.3 Å². The fourth-order valence-electron chi connectivity index (χ4n) is 0.961. The van der Waals surface area contributed by atoms with Crippen molar-refractivity contribution in [3.63, 3.8) is 0 Å². The first-order valence-corrected chi connectivity index (χ1v) is 3.73. The molecule has 0 fully saturated rings. The van der Waals surface area contributed by atoms with Crippen LogP contribution < -0.4 is 0 Å². The Morgan fingerprint density at radius 3 is 2.77 bits per heavy atom. The lowest BCUT2D eigenvalue weighted by Gasteiger charge is -2.01. The van der Waals surface area contributed by atoms with Gasteiger partial charge in [-0.1, -0.05) is 18.7 Å². The first-order valence-electron chi connectivity index (χ1n) is 3.73. The van der Waals surface area contributed by atoms with Gasteiger partial charge >= 0.3 is 5.97 Å². The Bertz CT molecular complexity index is 342. The molecule has 0 unspecified atom stereocenters. The van der Waals surface area contributed by atoms with E-state index in [9.17, 15) is 9.90 Å². The Balaban J connectivity index is 3.09. The van der Waals surface area contributed by atoms with Crippen molar-refractivity contribution in [2.75, 3.05) is 7.11 Å². The van der Waals surface area contributed by atoms with Crippen molar-refractivity contribution >= 4 is 12.0 Å². The van der Waals surface area contributed by atoms with Gasteiger partial charge in [-0.25, -0.2) is 4.79 Å². The first-order chi connectivity index (χ1) is 6.19. The summed E-state index contributed by atoms with van der Waals surface area (Å²) in [6.07, 6.45) is 1.51. The zero-order valence-corrected chi connectivity index (χ0v) is 7.28. The van der Waals surface area contributed by atoms with Crippen molar-refractivity contribution in [3.05, 3.63) is 35.9 Å². The third-order valence-electron chi connectivity index (χ3n) is 1.67. The van der Waals surface area contributed by atoms with Crippen LogP contribution in [0.25, 0.3) is 6.08 Å². The Morgan fingerprint density at radius 2 is 2.31 bits per heavy atom. The zero-order valence-electron chi connectivity index (χ0n) is 7.28. The van der Waals surface area contributed by atoms with Gasteiger partial charge < -0.3 is 9.84 Å². The zero-order chi connectivity index (χ0) is 9.84. The van der Waals surface area contributed by atoms with E-state index in [4.69, 9.17) is 0 Å². The van der Waals surface area contributed by atoms with E-state index in [0.717, 1.165) is 0 Å². The molecule has 1 rings (SSSR count). The third-order valence-corrected chi connectivity index (χ3v) is 1.67. The summed E-state index contributed by atoms with van der Waals surface area (Å²) in [5.74, 6) is -0.441. The van der Waals surface area contributed by atoms with E-state index in [-0.39, 0.29) is 5.75 Å². The lowest BCUT2D eigenvalue weighted by molar-refractivity contribution is 0.0600. The Morgan fingerprint density at radius 1 is 1.62 bits per heavy atom. The van der Waals surface area contributed by atoms with E-state index in [1.807, 2.05) is 0 Å². The molecule has 0 radical (unpaired) electrons. The van der Waals surface area contributed by atoms with Crippen molar-refractivity contribution in [2.45, 2.75) is 0 Å². The topological polar surface area (TPSA) is 46.5 Å². The van der Waals surface area contributed by atoms with Crippen LogP contribution in [0.5, 0.6) is 5.75 Å². The van der Waals surface area contributed by atoms with Crippen LogP contribution in [0.3, 0.4) is 0 Å². The maximum absolute atomic E-state index is 11.0. The molecule has 3 heteroatoms. The largest absolute Gasteiger partial charge is 0.507 e. The fraction of sp³-hybridized carbons (Fsp3) is 0.100. The molecule has 0 amide bonds. The van der Waals surface area contributed by atoms with Crippen LogP contribution in [0.1, 0.15) is 15.9 Å². The SMILES string of the molecule is C=Cc1ccc(C(=O)OC)cc1O. The van der Waals surface area contributed by atoms with Crippen molar-refractivity contribution in [3.8, 4) is 5.75 Å². The molecule has 0 aromatic heterocycles. The number of methoxy groups -OCH3 is 1. The highest BCUT2D eigenvalue weighted by molar-refractivity contribution is 5.90. The molecule has 1 aromatic rings. The molecule has 0 bridgehead atoms. The minimum absolute atomic E-state index is 0.0258. The predicted octanol–water partition coefficient (Wildman–Crippen LogP) is 1.82. The van der Waals surface area contributed by atoms with Crippen LogP contribution in [0, 0.1) is 0 Å². The predicted molar refractivity (Wildman–Crippen MR) is 49.5 cm³/mol. The van der Waals surface area contributed by atoms with Gasteiger partial charge in [-0.3, -0.25) is 0 Å². The summed E-state index contributed by atoms with van der Waals surface area (Å²) in [7, 11) is 1.29. The van der Waals surface area contributed by atoms with E-state index in [1.165, 1.54) is 19.3 Å². The number of hydrogen-bond acceptors (Lipinski definition) is 3. The summed E-state index contributed by atoms with van der Waals surface area (Å²) < 4.78 is 4.49. The number of phenolic OH excluding ortho intramolecular Hbond substituents is 1. The van der Waals surface area contributed by atoms with Crippen LogP contribution in [-0.2, 0) is 4.74 Å². The average Bonchev–Trinajstić information content (AvgIpc) is 2.16. The van der Waals surface area contributed by atoms with Crippen LogP contribution >= 0.6 is 0 Å². The second kappa shape index (κ2) is 3.76. The number of ether oxygens (including phenoxy) is 1. The number of rotatable bonds is 2. The van der Waals surface area contributed by atoms with Crippen LogP contribution in [-0.4, -0.2) is 18.2 Å². The molecular formula is C10H10O3. The lowest BCUT2D eigenvalue weighted by atomic mass is 10.1. The molecule has 1 aromatic carbocycles. The van der Waals surface area contributed by atoms with Gasteiger partial charge in [0.25, 0.3) is 0 Å². The molecule has 3 nitrogen and oxygen atoms in total. The Labute approximate surface area is 76.3 Å². The van der Waals surface area contributed by atoms with E-state index < -0.39 is 5.97 Å². The van der Waals surface area contributed by atoms with Gasteiger partial charge in [0.05, 0.1) is 12.7 Å². The fourth-order valence-corrected chi connectivity index (χ4v) is 0.961. The molecule has 0 aliphatic rings. The Kier molecular flexibility index (Phi) is 2.69. The van der Waals surface area contributed by atoms with Gasteiger partial charge in [-0.2, -0.15) is 0 Å².